The highest BCUT2D eigenvalue weighted by atomic mass is 16.6. The maximum atomic E-state index is 11.9. The summed E-state index contributed by atoms with van der Waals surface area (Å²) in [5, 5.41) is 0. The Kier molecular flexibility index (Phi) is 16.5. The van der Waals surface area contributed by atoms with Crippen LogP contribution in [0.15, 0.2) is 60.7 Å². The Morgan fingerprint density at radius 2 is 0.921 bits per heavy atom. The molecule has 2 atom stereocenters. The van der Waals surface area contributed by atoms with Gasteiger partial charge in [0.2, 0.25) is 0 Å². The van der Waals surface area contributed by atoms with Crippen LogP contribution in [-0.4, -0.2) is 49.3 Å². The minimum absolute atomic E-state index is 0.111. The first-order valence-electron chi connectivity index (χ1n) is 13.2. The lowest BCUT2D eigenvalue weighted by Crippen LogP contribution is -2.22. The van der Waals surface area contributed by atoms with Crippen molar-refractivity contribution in [2.24, 2.45) is 0 Å². The van der Waals surface area contributed by atoms with Gasteiger partial charge in [-0.25, -0.2) is 9.59 Å². The van der Waals surface area contributed by atoms with Crippen molar-refractivity contribution in [3.05, 3.63) is 71.8 Å². The van der Waals surface area contributed by atoms with Gasteiger partial charge in [0.15, 0.2) is 0 Å². The second kappa shape index (κ2) is 19.4. The zero-order valence-corrected chi connectivity index (χ0v) is 22.9. The van der Waals surface area contributed by atoms with Crippen LogP contribution < -0.4 is 0 Å². The van der Waals surface area contributed by atoms with Crippen LogP contribution in [0.3, 0.4) is 0 Å². The number of hydrogen-bond donors (Lipinski definition) is 0. The first kappa shape index (κ1) is 32.3. The van der Waals surface area contributed by atoms with Crippen molar-refractivity contribution in [3.8, 4) is 0 Å². The molecule has 0 bridgehead atoms. The van der Waals surface area contributed by atoms with E-state index in [9.17, 15) is 19.2 Å². The molecule has 0 amide bonds. The number of benzene rings is 2. The fraction of sp³-hybridized carbons (Fsp3) is 0.467. The van der Waals surface area contributed by atoms with Gasteiger partial charge in [-0.1, -0.05) is 63.1 Å². The molecule has 8 nitrogen and oxygen atoms in total. The highest BCUT2D eigenvalue weighted by Crippen LogP contribution is 2.13. The van der Waals surface area contributed by atoms with Crippen LogP contribution in [0.4, 0.5) is 0 Å². The molecule has 0 aromatic heterocycles. The predicted octanol–water partition coefficient (Wildman–Crippen LogP) is 5.93. The van der Waals surface area contributed by atoms with Crippen molar-refractivity contribution in [1.29, 1.82) is 0 Å². The van der Waals surface area contributed by atoms with Crippen molar-refractivity contribution in [1.82, 2.24) is 0 Å². The molecule has 208 valence electrons. The SMILES string of the molecule is CCCC(CC(=O)OCC)OC(=O)c1ccccc1.CCCC(CC(=O)OCC)OC(=O)c1ccccc1. The molecule has 2 rings (SSSR count). The van der Waals surface area contributed by atoms with Crippen LogP contribution >= 0.6 is 0 Å². The topological polar surface area (TPSA) is 105 Å². The van der Waals surface area contributed by atoms with Crippen LogP contribution in [0.25, 0.3) is 0 Å². The summed E-state index contributed by atoms with van der Waals surface area (Å²) in [6.45, 7) is 8.14. The third-order valence-electron chi connectivity index (χ3n) is 5.19. The largest absolute Gasteiger partial charge is 0.466 e. The standard InChI is InChI=1S/2C15H20O4/c2*1-3-8-13(11-14(16)18-4-2)19-15(17)12-9-6-5-7-10-12/h2*5-7,9-10,13H,3-4,8,11H2,1-2H3. The molecule has 2 unspecified atom stereocenters. The van der Waals surface area contributed by atoms with Crippen molar-refractivity contribution in [2.45, 2.75) is 78.4 Å². The highest BCUT2D eigenvalue weighted by Gasteiger charge is 2.20. The van der Waals surface area contributed by atoms with Crippen molar-refractivity contribution in [2.75, 3.05) is 13.2 Å². The average molecular weight is 529 g/mol. The Morgan fingerprint density at radius 1 is 0.579 bits per heavy atom. The fourth-order valence-corrected chi connectivity index (χ4v) is 3.45. The molecule has 0 aliphatic rings. The van der Waals surface area contributed by atoms with E-state index in [2.05, 4.69) is 0 Å². The Balaban J connectivity index is 0.000000380. The van der Waals surface area contributed by atoms with Crippen molar-refractivity contribution < 1.29 is 38.1 Å². The zero-order valence-electron chi connectivity index (χ0n) is 22.9. The normalized spacial score (nSPS) is 11.7. The van der Waals surface area contributed by atoms with E-state index in [1.807, 2.05) is 26.0 Å². The first-order chi connectivity index (χ1) is 18.3. The summed E-state index contributed by atoms with van der Waals surface area (Å²) >= 11 is 0. The van der Waals surface area contributed by atoms with Gasteiger partial charge < -0.3 is 18.9 Å². The van der Waals surface area contributed by atoms with Gasteiger partial charge in [-0.15, -0.1) is 0 Å². The molecule has 0 saturated carbocycles. The monoisotopic (exact) mass is 528 g/mol. The van der Waals surface area contributed by atoms with Gasteiger partial charge in [-0.2, -0.15) is 0 Å². The molecular weight excluding hydrogens is 488 g/mol. The molecule has 0 saturated heterocycles. The molecular formula is C30H40O8. The lowest BCUT2D eigenvalue weighted by Gasteiger charge is -2.16. The predicted molar refractivity (Wildman–Crippen MR) is 144 cm³/mol. The summed E-state index contributed by atoms with van der Waals surface area (Å²) in [4.78, 5) is 46.7. The van der Waals surface area contributed by atoms with Gasteiger partial charge in [-0.3, -0.25) is 9.59 Å². The summed E-state index contributed by atoms with van der Waals surface area (Å²) < 4.78 is 20.5. The molecule has 2 aromatic carbocycles. The number of esters is 4. The second-order valence-corrected chi connectivity index (χ2v) is 8.38. The lowest BCUT2D eigenvalue weighted by atomic mass is 10.1. The summed E-state index contributed by atoms with van der Waals surface area (Å²) in [7, 11) is 0. The van der Waals surface area contributed by atoms with E-state index in [1.54, 1.807) is 62.4 Å². The van der Waals surface area contributed by atoms with E-state index < -0.39 is 24.1 Å². The van der Waals surface area contributed by atoms with Crippen molar-refractivity contribution in [3.63, 3.8) is 0 Å². The van der Waals surface area contributed by atoms with Gasteiger partial charge in [0.25, 0.3) is 0 Å². The molecule has 2 aromatic rings. The quantitative estimate of drug-likeness (QED) is 0.219. The molecule has 0 radical (unpaired) electrons. The van der Waals surface area contributed by atoms with E-state index in [1.165, 1.54) is 0 Å². The van der Waals surface area contributed by atoms with Crippen LogP contribution in [0.2, 0.25) is 0 Å². The van der Waals surface area contributed by atoms with E-state index in [0.29, 0.717) is 37.2 Å². The minimum Gasteiger partial charge on any atom is -0.466 e. The third kappa shape index (κ3) is 13.6. The highest BCUT2D eigenvalue weighted by molar-refractivity contribution is 5.90. The Morgan fingerprint density at radius 3 is 1.21 bits per heavy atom. The van der Waals surface area contributed by atoms with Crippen LogP contribution in [0.5, 0.6) is 0 Å². The van der Waals surface area contributed by atoms with Crippen LogP contribution in [0.1, 0.15) is 86.9 Å². The van der Waals surface area contributed by atoms with Gasteiger partial charge in [-0.05, 0) is 51.0 Å². The van der Waals surface area contributed by atoms with Gasteiger partial charge >= 0.3 is 23.9 Å². The van der Waals surface area contributed by atoms with Gasteiger partial charge in [0.1, 0.15) is 12.2 Å². The maximum Gasteiger partial charge on any atom is 0.338 e. The Bertz CT molecular complexity index is 879. The average Bonchev–Trinajstić information content (AvgIpc) is 2.90. The van der Waals surface area contributed by atoms with Crippen molar-refractivity contribution >= 4 is 23.9 Å². The second-order valence-electron chi connectivity index (χ2n) is 8.38. The molecule has 0 N–H and O–H groups in total. The molecule has 0 heterocycles. The Hall–Kier alpha value is -3.68. The molecule has 0 aliphatic heterocycles. The zero-order chi connectivity index (χ0) is 28.2. The summed E-state index contributed by atoms with van der Waals surface area (Å²) in [6, 6.07) is 17.5. The maximum absolute atomic E-state index is 11.9. The molecule has 38 heavy (non-hydrogen) atoms. The summed E-state index contributed by atoms with van der Waals surface area (Å²) in [6.07, 6.45) is 2.36. The van der Waals surface area contributed by atoms with E-state index in [4.69, 9.17) is 18.9 Å². The number of carbonyl (C=O) groups excluding carboxylic acids is 4. The van der Waals surface area contributed by atoms with Crippen LogP contribution in [-0.2, 0) is 28.5 Å². The summed E-state index contributed by atoms with van der Waals surface area (Å²) in [5.74, 6) is -1.46. The summed E-state index contributed by atoms with van der Waals surface area (Å²) in [5.41, 5.74) is 0.986. The van der Waals surface area contributed by atoms with Crippen LogP contribution in [0, 0.1) is 0 Å². The molecule has 0 aliphatic carbocycles. The molecule has 0 fully saturated rings. The third-order valence-corrected chi connectivity index (χ3v) is 5.19. The fourth-order valence-electron chi connectivity index (χ4n) is 3.45. The number of carbonyl (C=O) groups is 4. The first-order valence-corrected chi connectivity index (χ1v) is 13.2. The minimum atomic E-state index is -0.420. The molecule has 8 heteroatoms. The number of ether oxygens (including phenoxy) is 4. The van der Waals surface area contributed by atoms with E-state index >= 15 is 0 Å². The smallest absolute Gasteiger partial charge is 0.338 e. The number of rotatable bonds is 14. The lowest BCUT2D eigenvalue weighted by molar-refractivity contribution is -0.146. The van der Waals surface area contributed by atoms with Gasteiger partial charge in [0.05, 0.1) is 37.2 Å². The van der Waals surface area contributed by atoms with Gasteiger partial charge in [0, 0.05) is 0 Å². The van der Waals surface area contributed by atoms with E-state index in [-0.39, 0.29) is 24.8 Å². The molecule has 0 spiro atoms. The van der Waals surface area contributed by atoms with E-state index in [0.717, 1.165) is 12.8 Å². The number of hydrogen-bond acceptors (Lipinski definition) is 8. The Labute approximate surface area is 225 Å².